The van der Waals surface area contributed by atoms with Crippen LogP contribution in [0.3, 0.4) is 0 Å². The van der Waals surface area contributed by atoms with Crippen molar-refractivity contribution in [3.8, 4) is 0 Å². The van der Waals surface area contributed by atoms with Crippen LogP contribution < -0.4 is 10.6 Å². The number of amides is 1. The Kier molecular flexibility index (Phi) is 10.1. The van der Waals surface area contributed by atoms with Gasteiger partial charge in [-0.25, -0.2) is 4.99 Å². The van der Waals surface area contributed by atoms with Crippen LogP contribution in [0.4, 0.5) is 0 Å². The summed E-state index contributed by atoms with van der Waals surface area (Å²) >= 11 is 0. The Morgan fingerprint density at radius 2 is 2.00 bits per heavy atom. The van der Waals surface area contributed by atoms with Gasteiger partial charge in [-0.1, -0.05) is 30.3 Å². The molecule has 7 nitrogen and oxygen atoms in total. The van der Waals surface area contributed by atoms with Crippen LogP contribution in [0.25, 0.3) is 0 Å². The normalized spacial score (nSPS) is 20.1. The fraction of sp³-hybridized carbons (Fsp3) is 0.667. The number of piperidine rings is 1. The summed E-state index contributed by atoms with van der Waals surface area (Å²) < 4.78 is 11.1. The lowest BCUT2D eigenvalue weighted by atomic mass is 9.90. The molecule has 172 valence electrons. The van der Waals surface area contributed by atoms with Gasteiger partial charge in [-0.15, -0.1) is 0 Å². The Balaban J connectivity index is 1.33. The Morgan fingerprint density at radius 1 is 1.19 bits per heavy atom. The van der Waals surface area contributed by atoms with Gasteiger partial charge in [0.15, 0.2) is 5.96 Å². The summed E-state index contributed by atoms with van der Waals surface area (Å²) in [6, 6.07) is 10.6. The lowest BCUT2D eigenvalue weighted by Gasteiger charge is -2.32. The van der Waals surface area contributed by atoms with Crippen molar-refractivity contribution < 1.29 is 14.3 Å². The van der Waals surface area contributed by atoms with Crippen LogP contribution in [0, 0.1) is 5.92 Å². The average Bonchev–Trinajstić information content (AvgIpc) is 3.32. The largest absolute Gasteiger partial charge is 0.379 e. The first-order chi connectivity index (χ1) is 15.2. The van der Waals surface area contributed by atoms with Crippen molar-refractivity contribution in [1.29, 1.82) is 0 Å². The minimum absolute atomic E-state index is 0.111. The number of carbonyl (C=O) groups is 1. The Bertz CT molecular complexity index is 669. The highest BCUT2D eigenvalue weighted by Gasteiger charge is 2.22. The van der Waals surface area contributed by atoms with E-state index in [-0.39, 0.29) is 18.6 Å². The van der Waals surface area contributed by atoms with E-state index in [0.717, 1.165) is 64.9 Å². The number of hydrogen-bond donors (Lipinski definition) is 2. The van der Waals surface area contributed by atoms with Crippen molar-refractivity contribution in [2.75, 3.05) is 52.5 Å². The highest BCUT2D eigenvalue weighted by atomic mass is 16.5. The third-order valence-corrected chi connectivity index (χ3v) is 5.91. The first-order valence-corrected chi connectivity index (χ1v) is 11.8. The van der Waals surface area contributed by atoms with Crippen LogP contribution in [0.1, 0.15) is 38.2 Å². The van der Waals surface area contributed by atoms with Crippen molar-refractivity contribution >= 4 is 11.9 Å². The van der Waals surface area contributed by atoms with Gasteiger partial charge in [0.2, 0.25) is 5.91 Å². The van der Waals surface area contributed by atoms with Gasteiger partial charge < -0.3 is 25.0 Å². The number of ether oxygens (including phenoxy) is 2. The maximum atomic E-state index is 12.6. The second-order valence-corrected chi connectivity index (χ2v) is 8.35. The molecule has 0 bridgehead atoms. The van der Waals surface area contributed by atoms with E-state index in [2.05, 4.69) is 46.0 Å². The summed E-state index contributed by atoms with van der Waals surface area (Å²) in [4.78, 5) is 19.1. The fourth-order valence-electron chi connectivity index (χ4n) is 4.10. The lowest BCUT2D eigenvalue weighted by Crippen LogP contribution is -2.42. The number of likely N-dealkylation sites (tertiary alicyclic amines) is 1. The summed E-state index contributed by atoms with van der Waals surface area (Å²) in [6.45, 7) is 7.63. The van der Waals surface area contributed by atoms with Gasteiger partial charge in [-0.05, 0) is 50.5 Å². The molecular weight excluding hydrogens is 392 g/mol. The van der Waals surface area contributed by atoms with Gasteiger partial charge in [0, 0.05) is 39.4 Å². The number of benzene rings is 1. The van der Waals surface area contributed by atoms with Crippen molar-refractivity contribution in [3.05, 3.63) is 35.9 Å². The standard InChI is InChI=1S/C24H38N4O3/c1-2-25-24(26-12-6-15-31-22-11-16-30-19-22)27-18-23(29)28-13-9-21(10-14-28)17-20-7-4-3-5-8-20/h3-5,7-8,21-22H,2,6,9-19H2,1H3,(H2,25,26,27). The van der Waals surface area contributed by atoms with Gasteiger partial charge in [-0.2, -0.15) is 0 Å². The fourth-order valence-corrected chi connectivity index (χ4v) is 4.10. The van der Waals surface area contributed by atoms with Gasteiger partial charge >= 0.3 is 0 Å². The van der Waals surface area contributed by atoms with Crippen molar-refractivity contribution in [1.82, 2.24) is 15.5 Å². The molecular formula is C24H38N4O3. The second kappa shape index (κ2) is 13.3. The van der Waals surface area contributed by atoms with E-state index >= 15 is 0 Å². The summed E-state index contributed by atoms with van der Waals surface area (Å²) in [5, 5.41) is 6.51. The van der Waals surface area contributed by atoms with Crippen LogP contribution in [0.15, 0.2) is 35.3 Å². The van der Waals surface area contributed by atoms with Crippen LogP contribution in [-0.2, 0) is 20.7 Å². The van der Waals surface area contributed by atoms with Crippen LogP contribution in [-0.4, -0.2) is 75.4 Å². The maximum Gasteiger partial charge on any atom is 0.244 e. The SMILES string of the molecule is CCNC(=NCC(=O)N1CCC(Cc2ccccc2)CC1)NCCCOC1CCOC1. The smallest absolute Gasteiger partial charge is 0.244 e. The van der Waals surface area contributed by atoms with Crippen LogP contribution >= 0.6 is 0 Å². The summed E-state index contributed by atoms with van der Waals surface area (Å²) in [6.07, 6.45) is 5.36. The first-order valence-electron chi connectivity index (χ1n) is 11.8. The number of carbonyl (C=O) groups excluding carboxylic acids is 1. The molecule has 0 aliphatic carbocycles. The molecule has 1 amide bonds. The van der Waals surface area contributed by atoms with Crippen LogP contribution in [0.5, 0.6) is 0 Å². The molecule has 2 aliphatic heterocycles. The van der Waals surface area contributed by atoms with E-state index in [1.165, 1.54) is 5.56 Å². The predicted molar refractivity (Wildman–Crippen MR) is 123 cm³/mol. The number of hydrogen-bond acceptors (Lipinski definition) is 4. The Hall–Kier alpha value is -2.12. The molecule has 1 unspecified atom stereocenters. The summed E-state index contributed by atoms with van der Waals surface area (Å²) in [5.41, 5.74) is 1.39. The molecule has 7 heteroatoms. The Morgan fingerprint density at radius 3 is 2.71 bits per heavy atom. The molecule has 3 rings (SSSR count). The molecule has 2 aliphatic rings. The quantitative estimate of drug-likeness (QED) is 0.338. The third-order valence-electron chi connectivity index (χ3n) is 5.91. The highest BCUT2D eigenvalue weighted by molar-refractivity contribution is 5.85. The molecule has 1 aromatic rings. The molecule has 2 fully saturated rings. The van der Waals surface area contributed by atoms with E-state index in [4.69, 9.17) is 9.47 Å². The topological polar surface area (TPSA) is 75.2 Å². The third kappa shape index (κ3) is 8.50. The molecule has 2 heterocycles. The summed E-state index contributed by atoms with van der Waals surface area (Å²) in [7, 11) is 0. The van der Waals surface area contributed by atoms with E-state index in [0.29, 0.717) is 25.1 Å². The molecule has 1 atom stereocenters. The lowest BCUT2D eigenvalue weighted by molar-refractivity contribution is -0.130. The number of rotatable bonds is 10. The van der Waals surface area contributed by atoms with E-state index in [9.17, 15) is 4.79 Å². The van der Waals surface area contributed by atoms with E-state index in [1.54, 1.807) is 0 Å². The number of aliphatic imine (C=N–C) groups is 1. The monoisotopic (exact) mass is 430 g/mol. The minimum Gasteiger partial charge on any atom is -0.379 e. The number of nitrogens with one attached hydrogen (secondary N) is 2. The van der Waals surface area contributed by atoms with E-state index in [1.807, 2.05) is 11.8 Å². The first kappa shape index (κ1) is 23.5. The zero-order valence-electron chi connectivity index (χ0n) is 18.9. The minimum atomic E-state index is 0.111. The molecule has 31 heavy (non-hydrogen) atoms. The van der Waals surface area contributed by atoms with Gasteiger partial charge in [0.1, 0.15) is 6.54 Å². The van der Waals surface area contributed by atoms with Gasteiger partial charge in [0.25, 0.3) is 0 Å². The molecule has 0 aromatic heterocycles. The van der Waals surface area contributed by atoms with Gasteiger partial charge in [0.05, 0.1) is 12.7 Å². The average molecular weight is 431 g/mol. The van der Waals surface area contributed by atoms with Crippen LogP contribution in [0.2, 0.25) is 0 Å². The zero-order valence-corrected chi connectivity index (χ0v) is 18.9. The second-order valence-electron chi connectivity index (χ2n) is 8.35. The molecule has 2 saturated heterocycles. The predicted octanol–water partition coefficient (Wildman–Crippen LogP) is 2.22. The molecule has 0 radical (unpaired) electrons. The molecule has 0 saturated carbocycles. The molecule has 1 aromatic carbocycles. The van der Waals surface area contributed by atoms with Gasteiger partial charge in [-0.3, -0.25) is 4.79 Å². The summed E-state index contributed by atoms with van der Waals surface area (Å²) in [5.74, 6) is 1.46. The van der Waals surface area contributed by atoms with Crippen molar-refractivity contribution in [2.45, 2.75) is 45.1 Å². The number of nitrogens with zero attached hydrogens (tertiary/aromatic N) is 2. The molecule has 0 spiro atoms. The zero-order chi connectivity index (χ0) is 21.7. The van der Waals surface area contributed by atoms with Crippen molar-refractivity contribution in [2.24, 2.45) is 10.9 Å². The van der Waals surface area contributed by atoms with Crippen molar-refractivity contribution in [3.63, 3.8) is 0 Å². The number of guanidine groups is 1. The Labute approximate surface area is 186 Å². The highest BCUT2D eigenvalue weighted by Crippen LogP contribution is 2.21. The molecule has 2 N–H and O–H groups in total. The van der Waals surface area contributed by atoms with E-state index < -0.39 is 0 Å². The maximum absolute atomic E-state index is 12.6.